The maximum absolute atomic E-state index is 9.41. The SMILES string of the molecule is [2H]c1c([2H])c([2H])c(-c2cc(C(C)(C)C)cc(-c3c([2H])c([2H])c([2H])c([2H])c3[2H])c2-n2[c](=[Pt])n(-c3[c-]c(Oc4[c-]c5c(cc4)c4c6c(ccc4n5-c4cc(C)ccn4)C(C)(C)C(C)(C)C6(C)C)cc(C(C)(C)C)c3)c3ccccc32)c([2H])c1[2H]. The van der Waals surface area contributed by atoms with E-state index in [0.29, 0.717) is 37.6 Å². The molecule has 0 saturated heterocycles. The predicted octanol–water partition coefficient (Wildman–Crippen LogP) is 17.2. The number of pyridine rings is 1. The van der Waals surface area contributed by atoms with Crippen LogP contribution in [0.4, 0.5) is 0 Å². The van der Waals surface area contributed by atoms with E-state index in [1.807, 2.05) is 78.6 Å². The van der Waals surface area contributed by atoms with Crippen molar-refractivity contribution in [3.63, 3.8) is 0 Å². The summed E-state index contributed by atoms with van der Waals surface area (Å²) in [5.74, 6) is 1.64. The van der Waals surface area contributed by atoms with Crippen LogP contribution >= 0.6 is 0 Å². The van der Waals surface area contributed by atoms with E-state index < -0.39 is 71.3 Å². The Hall–Kier alpha value is -6.55. The van der Waals surface area contributed by atoms with Crippen LogP contribution in [0, 0.1) is 28.3 Å². The summed E-state index contributed by atoms with van der Waals surface area (Å²) in [5.41, 5.74) is 8.01. The maximum atomic E-state index is 9.41. The van der Waals surface area contributed by atoms with Gasteiger partial charge in [0.1, 0.15) is 0 Å². The summed E-state index contributed by atoms with van der Waals surface area (Å²) < 4.78 is 104. The molecule has 0 radical (unpaired) electrons. The normalized spacial score (nSPS) is 17.1. The molecular formula is C66H64N4OPt-2. The monoisotopic (exact) mass is 1130 g/mol. The third-order valence-electron chi connectivity index (χ3n) is 16.0. The number of imidazole rings is 1. The van der Waals surface area contributed by atoms with E-state index in [4.69, 9.17) is 17.9 Å². The molecule has 3 heterocycles. The van der Waals surface area contributed by atoms with Gasteiger partial charge in [-0.05, 0) is 40.4 Å². The third kappa shape index (κ3) is 7.43. The van der Waals surface area contributed by atoms with Gasteiger partial charge in [0.25, 0.3) is 0 Å². The van der Waals surface area contributed by atoms with Crippen molar-refractivity contribution in [3.8, 4) is 50.9 Å². The minimum absolute atomic E-state index is 0.0800. The van der Waals surface area contributed by atoms with Gasteiger partial charge in [-0.3, -0.25) is 0 Å². The fraction of sp³-hybridized carbons (Fsp3) is 0.273. The Morgan fingerprint density at radius 2 is 1.21 bits per heavy atom. The van der Waals surface area contributed by atoms with E-state index in [9.17, 15) is 5.48 Å². The van der Waals surface area contributed by atoms with Gasteiger partial charge in [0.15, 0.2) is 0 Å². The van der Waals surface area contributed by atoms with E-state index in [-0.39, 0.29) is 44.2 Å². The van der Waals surface area contributed by atoms with Gasteiger partial charge < -0.3 is 0 Å². The summed E-state index contributed by atoms with van der Waals surface area (Å²) in [6, 6.07) is 30.2. The van der Waals surface area contributed by atoms with Crippen molar-refractivity contribution in [2.45, 2.75) is 112 Å². The number of rotatable bonds is 7. The van der Waals surface area contributed by atoms with Crippen molar-refractivity contribution in [2.75, 3.05) is 0 Å². The van der Waals surface area contributed by atoms with Crippen LogP contribution in [-0.4, -0.2) is 18.7 Å². The third-order valence-corrected chi connectivity index (χ3v) is 17.0. The Morgan fingerprint density at radius 1 is 0.611 bits per heavy atom. The van der Waals surface area contributed by atoms with Gasteiger partial charge in [0.05, 0.1) is 0 Å². The van der Waals surface area contributed by atoms with Crippen molar-refractivity contribution >= 4 is 32.8 Å². The van der Waals surface area contributed by atoms with E-state index in [1.165, 1.54) is 16.5 Å². The van der Waals surface area contributed by atoms with Crippen molar-refractivity contribution in [1.29, 1.82) is 0 Å². The molecule has 1 aliphatic rings. The molecule has 5 nitrogen and oxygen atoms in total. The van der Waals surface area contributed by atoms with Gasteiger partial charge in [-0.1, -0.05) is 47.6 Å². The molecule has 6 heteroatoms. The van der Waals surface area contributed by atoms with E-state index in [0.717, 1.165) is 33.4 Å². The molecule has 3 aromatic heterocycles. The molecule has 72 heavy (non-hydrogen) atoms. The average Bonchev–Trinajstić information content (AvgIpc) is 1.60. The Morgan fingerprint density at radius 3 is 1.81 bits per heavy atom. The van der Waals surface area contributed by atoms with Crippen LogP contribution < -0.4 is 4.74 Å². The van der Waals surface area contributed by atoms with E-state index in [2.05, 4.69) is 136 Å². The molecule has 0 atom stereocenters. The fourth-order valence-electron chi connectivity index (χ4n) is 10.8. The molecule has 11 rings (SSSR count). The summed E-state index contributed by atoms with van der Waals surface area (Å²) in [6.07, 6.45) is 1.84. The quantitative estimate of drug-likeness (QED) is 0.149. The van der Waals surface area contributed by atoms with Crippen molar-refractivity contribution in [3.05, 3.63) is 195 Å². The van der Waals surface area contributed by atoms with Crippen molar-refractivity contribution < 1.29 is 37.8 Å². The minimum atomic E-state index is -0.644. The number of hydrogen-bond acceptors (Lipinski definition) is 2. The van der Waals surface area contributed by atoms with Crippen LogP contribution in [0.15, 0.2) is 152 Å². The molecule has 10 aromatic rings. The molecular weight excluding hydrogens is 1060 g/mol. The Labute approximate surface area is 450 Å². The second-order valence-corrected chi connectivity index (χ2v) is 23.9. The molecule has 7 aromatic carbocycles. The van der Waals surface area contributed by atoms with Crippen LogP contribution in [0.2, 0.25) is 0 Å². The number of hydrogen-bond donors (Lipinski definition) is 0. The molecule has 0 unspecified atom stereocenters. The van der Waals surface area contributed by atoms with Gasteiger partial charge >= 0.3 is 358 Å². The zero-order valence-electron chi connectivity index (χ0n) is 53.2. The molecule has 366 valence electrons. The molecule has 0 N–H and O–H groups in total. The van der Waals surface area contributed by atoms with Crippen molar-refractivity contribution in [1.82, 2.24) is 18.7 Å². The molecule has 0 amide bonds. The van der Waals surface area contributed by atoms with Crippen LogP contribution in [0.25, 0.3) is 72.3 Å². The van der Waals surface area contributed by atoms with Crippen LogP contribution in [0.1, 0.15) is 125 Å². The predicted molar refractivity (Wildman–Crippen MR) is 295 cm³/mol. The first-order valence-corrected chi connectivity index (χ1v) is 25.6. The first-order chi connectivity index (χ1) is 38.2. The first-order valence-electron chi connectivity index (χ1n) is 29.5. The van der Waals surface area contributed by atoms with Crippen LogP contribution in [0.5, 0.6) is 11.5 Å². The van der Waals surface area contributed by atoms with Crippen LogP contribution in [0.3, 0.4) is 0 Å². The van der Waals surface area contributed by atoms with E-state index in [1.54, 1.807) is 12.1 Å². The second kappa shape index (κ2) is 16.8. The Balaban J connectivity index is 1.19. The van der Waals surface area contributed by atoms with Crippen LogP contribution in [-0.2, 0) is 41.0 Å². The molecule has 0 bridgehead atoms. The van der Waals surface area contributed by atoms with Gasteiger partial charge in [-0.2, -0.15) is 0 Å². The Kier molecular flexibility index (Phi) is 8.66. The average molecular weight is 1130 g/mol. The molecule has 0 saturated carbocycles. The Bertz CT molecular complexity index is 4330. The number of fused-ring (bicyclic) bond motifs is 6. The number of benzene rings is 7. The number of aryl methyl sites for hydroxylation is 1. The summed E-state index contributed by atoms with van der Waals surface area (Å²) in [6.45, 7) is 28.5. The second-order valence-electron chi connectivity index (χ2n) is 22.9. The summed E-state index contributed by atoms with van der Waals surface area (Å²) >= 11 is 2.21. The van der Waals surface area contributed by atoms with E-state index >= 15 is 0 Å². The summed E-state index contributed by atoms with van der Waals surface area (Å²) in [5, 5.41) is 2.21. The topological polar surface area (TPSA) is 36.9 Å². The number of para-hydroxylation sites is 2. The molecule has 0 aliphatic heterocycles. The van der Waals surface area contributed by atoms with Gasteiger partial charge in [0, 0.05) is 6.20 Å². The number of ether oxygens (including phenoxy) is 1. The van der Waals surface area contributed by atoms with Gasteiger partial charge in [-0.25, -0.2) is 0 Å². The standard InChI is InChI=1S/C66H64N4O.Pt/c1-42-32-33-67-58(34-42)70-56-31-30-53-60(65(10,11)66(12,13)64(53,8)9)59(56)50-29-28-48(40-57(50)70)71-49-36-45(62(2,3)4)35-47(39-49)68-41-69(55-27-21-20-26-54(55)68)61-51(43-22-16-14-17-23-43)37-46(63(5,6)7)38-52(61)44-24-18-15-19-25-44;/h14-38H,1-13H3;/q-2;/i14D,15D,16D,17D,18D,19D,22D,23D,24D,25D;. The molecule has 0 spiro atoms. The summed E-state index contributed by atoms with van der Waals surface area (Å²) in [4.78, 5) is 4.93. The summed E-state index contributed by atoms with van der Waals surface area (Å²) in [7, 11) is 0. The van der Waals surface area contributed by atoms with Gasteiger partial charge in [-0.15, -0.1) is 0 Å². The molecule has 1 aliphatic carbocycles. The number of aromatic nitrogens is 4. The molecule has 0 fully saturated rings. The fourth-order valence-corrected chi connectivity index (χ4v) is 11.9. The van der Waals surface area contributed by atoms with Gasteiger partial charge in [0.2, 0.25) is 0 Å². The zero-order valence-corrected chi connectivity index (χ0v) is 45.4. The van der Waals surface area contributed by atoms with Crippen molar-refractivity contribution in [2.24, 2.45) is 5.41 Å². The first kappa shape index (κ1) is 37.2. The zero-order chi connectivity index (χ0) is 59.6. The number of nitrogens with zero attached hydrogens (tertiary/aromatic N) is 4.